The van der Waals surface area contributed by atoms with Crippen LogP contribution >= 0.6 is 0 Å². The van der Waals surface area contributed by atoms with E-state index in [-0.39, 0.29) is 41.3 Å². The third-order valence-corrected chi connectivity index (χ3v) is 2.42. The van der Waals surface area contributed by atoms with Gasteiger partial charge in [0.05, 0.1) is 0 Å². The molecule has 0 bridgehead atoms. The summed E-state index contributed by atoms with van der Waals surface area (Å²) in [6, 6.07) is 20.2. The van der Waals surface area contributed by atoms with Crippen molar-refractivity contribution in [2.45, 2.75) is 13.0 Å². The number of benzene rings is 2. The molecule has 1 atom stereocenters. The van der Waals surface area contributed by atoms with Gasteiger partial charge in [-0.05, 0) is 0 Å². The Labute approximate surface area is 137 Å². The molecule has 0 aliphatic heterocycles. The molecule has 2 aromatic carbocycles. The van der Waals surface area contributed by atoms with Crippen LogP contribution in [-0.2, 0) is 25.8 Å². The smallest absolute Gasteiger partial charge is 1.00 e. The van der Waals surface area contributed by atoms with Gasteiger partial charge >= 0.3 is 25.8 Å². The van der Waals surface area contributed by atoms with E-state index in [9.17, 15) is 0 Å². The number of hydrogen-bond acceptors (Lipinski definition) is 0. The molecule has 0 heterocycles. The largest absolute Gasteiger partial charge is 4.00 e. The summed E-state index contributed by atoms with van der Waals surface area (Å²) in [7, 11) is 0. The first-order valence-corrected chi connectivity index (χ1v) is 5.83. The summed E-state index contributed by atoms with van der Waals surface area (Å²) < 4.78 is 0. The summed E-state index contributed by atoms with van der Waals surface area (Å²) in [5.74, 6) is 0. The van der Waals surface area contributed by atoms with Gasteiger partial charge in [-0.2, -0.15) is 0 Å². The van der Waals surface area contributed by atoms with Crippen molar-refractivity contribution in [1.82, 2.24) is 0 Å². The molecular formula is C15H16F2HfN2. The van der Waals surface area contributed by atoms with Crippen LogP contribution in [-0.4, -0.2) is 12.6 Å². The molecule has 0 N–H and O–H groups in total. The Bertz CT molecular complexity index is 440. The van der Waals surface area contributed by atoms with Gasteiger partial charge in [-0.3, -0.25) is 0 Å². The Morgan fingerprint density at radius 3 is 1.75 bits per heavy atom. The van der Waals surface area contributed by atoms with Crippen LogP contribution in [0.25, 0.3) is 10.6 Å². The van der Waals surface area contributed by atoms with Gasteiger partial charge in [0.15, 0.2) is 0 Å². The Hall–Kier alpha value is -1.23. The van der Waals surface area contributed by atoms with Gasteiger partial charge in [0.25, 0.3) is 0 Å². The Kier molecular flexibility index (Phi) is 12.2. The second-order valence-electron chi connectivity index (χ2n) is 3.99. The predicted octanol–water partition coefficient (Wildman–Crippen LogP) is -1.21. The van der Waals surface area contributed by atoms with Crippen molar-refractivity contribution in [2.75, 3.05) is 6.54 Å². The van der Waals surface area contributed by atoms with Crippen molar-refractivity contribution in [3.8, 4) is 0 Å². The fourth-order valence-electron chi connectivity index (χ4n) is 1.58. The average Bonchev–Trinajstić information content (AvgIpc) is 2.39. The van der Waals surface area contributed by atoms with Crippen LogP contribution in [0, 0.1) is 0 Å². The maximum absolute atomic E-state index is 4.58. The van der Waals surface area contributed by atoms with Crippen LogP contribution in [0.5, 0.6) is 0 Å². The third kappa shape index (κ3) is 7.38. The van der Waals surface area contributed by atoms with E-state index in [2.05, 4.69) is 17.6 Å². The van der Waals surface area contributed by atoms with Gasteiger partial charge in [0.1, 0.15) is 0 Å². The van der Waals surface area contributed by atoms with E-state index in [0.29, 0.717) is 0 Å². The standard InChI is InChI=1S/C15H16N2.2FH.Hf/c1-13(17-15-10-6-3-7-11-15)12-16-14-8-4-2-5-9-14;;;/h2-11,13H,12H2,1H3;2*1H;/q-2;;;+4/p-2. The minimum atomic E-state index is 0. The molecular weight excluding hydrogens is 425 g/mol. The quantitative estimate of drug-likeness (QED) is 0.522. The molecule has 0 aliphatic rings. The van der Waals surface area contributed by atoms with Crippen molar-refractivity contribution >= 4 is 11.4 Å². The zero-order valence-corrected chi connectivity index (χ0v) is 14.8. The van der Waals surface area contributed by atoms with Crippen molar-refractivity contribution in [3.63, 3.8) is 0 Å². The summed E-state index contributed by atoms with van der Waals surface area (Å²) >= 11 is 0. The number of halogens is 2. The summed E-state index contributed by atoms with van der Waals surface area (Å²) in [5.41, 5.74) is 2.03. The zero-order valence-electron chi connectivity index (χ0n) is 11.2. The van der Waals surface area contributed by atoms with E-state index >= 15 is 0 Å². The minimum Gasteiger partial charge on any atom is -1.00 e. The van der Waals surface area contributed by atoms with E-state index in [1.807, 2.05) is 60.7 Å². The van der Waals surface area contributed by atoms with Crippen molar-refractivity contribution in [3.05, 3.63) is 71.3 Å². The molecule has 0 radical (unpaired) electrons. The van der Waals surface area contributed by atoms with E-state index in [1.54, 1.807) is 0 Å². The fourth-order valence-corrected chi connectivity index (χ4v) is 1.58. The Morgan fingerprint density at radius 1 is 0.800 bits per heavy atom. The number of para-hydroxylation sites is 2. The topological polar surface area (TPSA) is 28.2 Å². The van der Waals surface area contributed by atoms with E-state index < -0.39 is 0 Å². The summed E-state index contributed by atoms with van der Waals surface area (Å²) in [4.78, 5) is 0. The number of hydrogen-bond donors (Lipinski definition) is 0. The zero-order chi connectivity index (χ0) is 11.9. The first kappa shape index (κ1) is 21.1. The molecule has 1 unspecified atom stereocenters. The maximum Gasteiger partial charge on any atom is 4.00 e. The molecule has 2 rings (SSSR count). The molecule has 0 amide bonds. The third-order valence-electron chi connectivity index (χ3n) is 2.42. The fraction of sp³-hybridized carbons (Fsp3) is 0.200. The van der Waals surface area contributed by atoms with Crippen LogP contribution < -0.4 is 9.41 Å². The normalized spacial score (nSPS) is 10.1. The Balaban J connectivity index is 0. The van der Waals surface area contributed by atoms with Crippen molar-refractivity contribution in [2.24, 2.45) is 0 Å². The second-order valence-corrected chi connectivity index (χ2v) is 3.99. The summed E-state index contributed by atoms with van der Waals surface area (Å²) in [6.45, 7) is 2.80. The number of nitrogens with zero attached hydrogens (tertiary/aromatic N) is 2. The molecule has 2 nitrogen and oxygen atoms in total. The molecule has 104 valence electrons. The molecule has 20 heavy (non-hydrogen) atoms. The monoisotopic (exact) mass is 442 g/mol. The van der Waals surface area contributed by atoms with Crippen LogP contribution in [0.4, 0.5) is 11.4 Å². The van der Waals surface area contributed by atoms with Crippen LogP contribution in [0.3, 0.4) is 0 Å². The average molecular weight is 441 g/mol. The molecule has 0 fully saturated rings. The van der Waals surface area contributed by atoms with Gasteiger partial charge < -0.3 is 20.0 Å². The van der Waals surface area contributed by atoms with Crippen LogP contribution in [0.15, 0.2) is 60.7 Å². The van der Waals surface area contributed by atoms with Crippen LogP contribution in [0.1, 0.15) is 6.92 Å². The van der Waals surface area contributed by atoms with Gasteiger partial charge in [0, 0.05) is 0 Å². The van der Waals surface area contributed by atoms with E-state index in [0.717, 1.165) is 17.9 Å². The predicted molar refractivity (Wildman–Crippen MR) is 73.3 cm³/mol. The van der Waals surface area contributed by atoms with Gasteiger partial charge in [-0.15, -0.1) is 24.0 Å². The SMILES string of the molecule is CC(C[N-]c1ccccc1)[N-]c1ccccc1.[F-].[F-].[Hf+4]. The molecule has 2 aromatic rings. The first-order chi connectivity index (χ1) is 8.34. The van der Waals surface area contributed by atoms with Gasteiger partial charge in [-0.1, -0.05) is 67.6 Å². The molecule has 0 aromatic heterocycles. The summed E-state index contributed by atoms with van der Waals surface area (Å²) in [6.07, 6.45) is 0. The second kappa shape index (κ2) is 11.6. The molecule has 5 heteroatoms. The molecule has 0 spiro atoms. The van der Waals surface area contributed by atoms with Gasteiger partial charge in [0.2, 0.25) is 0 Å². The molecule has 0 saturated carbocycles. The molecule has 0 saturated heterocycles. The van der Waals surface area contributed by atoms with Crippen molar-refractivity contribution < 1.29 is 35.3 Å². The first-order valence-electron chi connectivity index (χ1n) is 5.83. The number of rotatable bonds is 5. The minimum absolute atomic E-state index is 0. The van der Waals surface area contributed by atoms with Crippen LogP contribution in [0.2, 0.25) is 0 Å². The van der Waals surface area contributed by atoms with E-state index in [4.69, 9.17) is 0 Å². The Morgan fingerprint density at radius 2 is 1.25 bits per heavy atom. The van der Waals surface area contributed by atoms with Gasteiger partial charge in [-0.25, -0.2) is 0 Å². The molecule has 0 aliphatic carbocycles. The maximum atomic E-state index is 4.58. The van der Waals surface area contributed by atoms with Crippen molar-refractivity contribution in [1.29, 1.82) is 0 Å². The summed E-state index contributed by atoms with van der Waals surface area (Å²) in [5, 5.41) is 9.09. The van der Waals surface area contributed by atoms with E-state index in [1.165, 1.54) is 0 Å².